The average Bonchev–Trinajstić information content (AvgIpc) is 2.61. The molecule has 7 nitrogen and oxygen atoms in total. The summed E-state index contributed by atoms with van der Waals surface area (Å²) < 4.78 is 37.6. The zero-order valence-corrected chi connectivity index (χ0v) is 17.0. The number of rotatable bonds is 7. The topological polar surface area (TPSA) is 98.9 Å². The first-order valence-electron chi connectivity index (χ1n) is 8.09. The van der Waals surface area contributed by atoms with E-state index >= 15 is 0 Å². The van der Waals surface area contributed by atoms with Crippen molar-refractivity contribution in [1.82, 2.24) is 4.31 Å². The Morgan fingerprint density at radius 3 is 2.38 bits per heavy atom. The van der Waals surface area contributed by atoms with Gasteiger partial charge in [0.1, 0.15) is 4.90 Å². The third-order valence-electron chi connectivity index (χ3n) is 4.37. The molecule has 1 fully saturated rings. The molecule has 26 heavy (non-hydrogen) atoms. The lowest BCUT2D eigenvalue weighted by atomic mass is 10.2. The summed E-state index contributed by atoms with van der Waals surface area (Å²) >= 11 is 12.3. The van der Waals surface area contributed by atoms with Gasteiger partial charge in [-0.2, -0.15) is 4.31 Å². The van der Waals surface area contributed by atoms with Crippen LogP contribution in [0.5, 0.6) is 0 Å². The maximum atomic E-state index is 12.9. The van der Waals surface area contributed by atoms with E-state index in [1.54, 1.807) is 0 Å². The van der Waals surface area contributed by atoms with Crippen molar-refractivity contribution >= 4 is 39.1 Å². The molecular weight excluding hydrogens is 403 g/mol. The van der Waals surface area contributed by atoms with Crippen molar-refractivity contribution in [2.75, 3.05) is 20.2 Å². The highest BCUT2D eigenvalue weighted by molar-refractivity contribution is 7.89. The first kappa shape index (κ1) is 21.4. The second kappa shape index (κ2) is 8.41. The van der Waals surface area contributed by atoms with E-state index in [2.05, 4.69) is 0 Å². The Hall–Kier alpha value is -0.900. The quantitative estimate of drug-likeness (QED) is 0.677. The number of benzene rings is 1. The third kappa shape index (κ3) is 4.49. The molecule has 1 unspecified atom stereocenters. The van der Waals surface area contributed by atoms with Gasteiger partial charge in [0.2, 0.25) is 15.8 Å². The van der Waals surface area contributed by atoms with Crippen molar-refractivity contribution in [3.8, 4) is 0 Å². The summed E-state index contributed by atoms with van der Waals surface area (Å²) in [6, 6.07) is 2.72. The fourth-order valence-corrected chi connectivity index (χ4v) is 4.91. The smallest absolute Gasteiger partial charge is 0.277 e. The second-order valence-electron chi connectivity index (χ2n) is 6.14. The van der Waals surface area contributed by atoms with Crippen LogP contribution in [0, 0.1) is 0 Å². The number of piperidine rings is 1. The lowest BCUT2D eigenvalue weighted by Crippen LogP contribution is -2.45. The van der Waals surface area contributed by atoms with Crippen molar-refractivity contribution < 1.29 is 22.7 Å². The molecule has 1 aliphatic rings. The monoisotopic (exact) mass is 424 g/mol. The van der Waals surface area contributed by atoms with E-state index in [9.17, 15) is 13.2 Å². The maximum Gasteiger partial charge on any atom is 0.277 e. The van der Waals surface area contributed by atoms with Crippen molar-refractivity contribution in [3.05, 3.63) is 27.7 Å². The van der Waals surface area contributed by atoms with Gasteiger partial charge in [0.05, 0.1) is 11.6 Å². The van der Waals surface area contributed by atoms with Gasteiger partial charge in [0, 0.05) is 25.2 Å². The molecule has 0 radical (unpaired) electrons. The molecule has 1 aromatic carbocycles. The molecule has 1 heterocycles. The summed E-state index contributed by atoms with van der Waals surface area (Å²) in [7, 11) is -2.47. The summed E-state index contributed by atoms with van der Waals surface area (Å²) in [6.45, 7) is 2.10. The molecule has 0 bridgehead atoms. The molecule has 1 amide bonds. The van der Waals surface area contributed by atoms with E-state index in [0.29, 0.717) is 18.7 Å². The van der Waals surface area contributed by atoms with Crippen molar-refractivity contribution in [2.24, 2.45) is 5.73 Å². The van der Waals surface area contributed by atoms with Crippen LogP contribution in [-0.2, 0) is 30.9 Å². The van der Waals surface area contributed by atoms with Crippen LogP contribution in [0.4, 0.5) is 0 Å². The molecule has 1 saturated heterocycles. The molecule has 0 spiro atoms. The number of carbonyl (C=O) groups excluding carboxylic acids is 1. The van der Waals surface area contributed by atoms with Crippen LogP contribution in [0.15, 0.2) is 17.0 Å². The van der Waals surface area contributed by atoms with Crippen LogP contribution in [0.1, 0.15) is 31.7 Å². The Morgan fingerprint density at radius 1 is 1.23 bits per heavy atom. The normalized spacial score (nSPS) is 18.5. The van der Waals surface area contributed by atoms with Crippen LogP contribution >= 0.6 is 23.2 Å². The number of nitrogens with two attached hydrogens (primary N) is 1. The molecule has 1 aromatic rings. The zero-order chi connectivity index (χ0) is 19.5. The highest BCUT2D eigenvalue weighted by Crippen LogP contribution is 2.32. The summed E-state index contributed by atoms with van der Waals surface area (Å²) in [4.78, 5) is 11.4. The number of hydrogen-bond donors (Lipinski definition) is 1. The molecule has 0 aliphatic carbocycles. The summed E-state index contributed by atoms with van der Waals surface area (Å²) in [5.74, 6) is -2.47. The fourth-order valence-electron chi connectivity index (χ4n) is 2.57. The van der Waals surface area contributed by atoms with Crippen molar-refractivity contribution in [2.45, 2.75) is 43.5 Å². The molecule has 2 N–H and O–H groups in total. The number of carbonyl (C=O) groups is 1. The highest BCUT2D eigenvalue weighted by atomic mass is 35.5. The van der Waals surface area contributed by atoms with Gasteiger partial charge in [-0.25, -0.2) is 8.42 Å². The molecule has 146 valence electrons. The van der Waals surface area contributed by atoms with Gasteiger partial charge in [0.15, 0.2) is 0 Å². The van der Waals surface area contributed by atoms with Gasteiger partial charge in [-0.3, -0.25) is 4.79 Å². The molecular formula is C16H22Cl2N2O5S. The predicted molar refractivity (Wildman–Crippen MR) is 98.5 cm³/mol. The first-order valence-corrected chi connectivity index (χ1v) is 10.3. The Bertz CT molecular complexity index is 781. The van der Waals surface area contributed by atoms with Gasteiger partial charge in [0.25, 0.3) is 5.91 Å². The predicted octanol–water partition coefficient (Wildman–Crippen LogP) is 2.53. The Morgan fingerprint density at radius 2 is 1.85 bits per heavy atom. The Kier molecular flexibility index (Phi) is 6.92. The SMILES string of the molecule is COC(C)(OCc1cc(S(=O)(=O)N2CCCCC2)c(Cl)cc1Cl)C(N)=O. The van der Waals surface area contributed by atoms with E-state index in [0.717, 1.165) is 19.3 Å². The number of ether oxygens (including phenoxy) is 2. The molecule has 0 aromatic heterocycles. The lowest BCUT2D eigenvalue weighted by molar-refractivity contribution is -0.213. The van der Waals surface area contributed by atoms with Gasteiger partial charge in [-0.15, -0.1) is 0 Å². The van der Waals surface area contributed by atoms with E-state index in [1.807, 2.05) is 0 Å². The standard InChI is InChI=1S/C16H22Cl2N2O5S/c1-16(24-2,15(19)21)25-10-11-8-14(13(18)9-12(11)17)26(22,23)20-6-4-3-5-7-20/h8-9H,3-7,10H2,1-2H3,(H2,19,21). The van der Waals surface area contributed by atoms with Gasteiger partial charge in [-0.05, 0) is 37.5 Å². The number of hydrogen-bond acceptors (Lipinski definition) is 5. The molecule has 1 aliphatic heterocycles. The molecule has 10 heteroatoms. The zero-order valence-electron chi connectivity index (χ0n) is 14.6. The van der Waals surface area contributed by atoms with Crippen LogP contribution in [0.25, 0.3) is 0 Å². The van der Waals surface area contributed by atoms with Crippen LogP contribution < -0.4 is 5.73 Å². The van der Waals surface area contributed by atoms with Gasteiger partial charge >= 0.3 is 0 Å². The van der Waals surface area contributed by atoms with E-state index in [4.69, 9.17) is 38.4 Å². The minimum Gasteiger partial charge on any atom is -0.365 e. The van der Waals surface area contributed by atoms with Gasteiger partial charge in [-0.1, -0.05) is 29.6 Å². The number of amides is 1. The van der Waals surface area contributed by atoms with Crippen molar-refractivity contribution in [1.29, 1.82) is 0 Å². The van der Waals surface area contributed by atoms with Crippen LogP contribution in [-0.4, -0.2) is 44.6 Å². The average molecular weight is 425 g/mol. The number of halogens is 2. The largest absolute Gasteiger partial charge is 0.365 e. The molecule has 1 atom stereocenters. The van der Waals surface area contributed by atoms with Crippen LogP contribution in [0.3, 0.4) is 0 Å². The summed E-state index contributed by atoms with van der Waals surface area (Å²) in [5, 5.41) is 0.254. The number of sulfonamides is 1. The van der Waals surface area contributed by atoms with Gasteiger partial charge < -0.3 is 15.2 Å². The summed E-state index contributed by atoms with van der Waals surface area (Å²) in [6.07, 6.45) is 2.62. The lowest BCUT2D eigenvalue weighted by Gasteiger charge is -2.27. The van der Waals surface area contributed by atoms with Crippen LogP contribution in [0.2, 0.25) is 10.0 Å². The van der Waals surface area contributed by atoms with E-state index in [-0.39, 0.29) is 21.5 Å². The number of methoxy groups -OCH3 is 1. The first-order chi connectivity index (χ1) is 12.1. The molecule has 2 rings (SSSR count). The maximum absolute atomic E-state index is 12.9. The van der Waals surface area contributed by atoms with E-state index in [1.165, 1.54) is 30.5 Å². The fraction of sp³-hybridized carbons (Fsp3) is 0.562. The van der Waals surface area contributed by atoms with Crippen molar-refractivity contribution in [3.63, 3.8) is 0 Å². The van der Waals surface area contributed by atoms with E-state index < -0.39 is 21.7 Å². The number of nitrogens with zero attached hydrogens (tertiary/aromatic N) is 1. The minimum absolute atomic E-state index is 0.0359. The second-order valence-corrected chi connectivity index (χ2v) is 8.86. The third-order valence-corrected chi connectivity index (χ3v) is 7.09. The minimum atomic E-state index is -3.74. The molecule has 0 saturated carbocycles. The Balaban J connectivity index is 2.33. The highest BCUT2D eigenvalue weighted by Gasteiger charge is 2.33. The summed E-state index contributed by atoms with van der Waals surface area (Å²) in [5.41, 5.74) is 5.62. The Labute approximate surface area is 163 Å². The number of primary amides is 1.